The van der Waals surface area contributed by atoms with E-state index in [9.17, 15) is 4.79 Å². The van der Waals surface area contributed by atoms with E-state index < -0.39 is 0 Å². The predicted octanol–water partition coefficient (Wildman–Crippen LogP) is 2.48. The third kappa shape index (κ3) is 6.80. The smallest absolute Gasteiger partial charge is 0.220 e. The summed E-state index contributed by atoms with van der Waals surface area (Å²) in [5.74, 6) is 2.05. The third-order valence-corrected chi connectivity index (χ3v) is 3.28. The number of ether oxygens (including phenoxy) is 2. The van der Waals surface area contributed by atoms with Gasteiger partial charge in [-0.1, -0.05) is 19.9 Å². The number of carbonyl (C=O) groups is 1. The summed E-state index contributed by atoms with van der Waals surface area (Å²) in [5, 5.41) is 2.87. The molecule has 5 heteroatoms. The molecule has 22 heavy (non-hydrogen) atoms. The zero-order chi connectivity index (χ0) is 16.4. The molecule has 3 N–H and O–H groups in total. The summed E-state index contributed by atoms with van der Waals surface area (Å²) in [7, 11) is 1.62. The van der Waals surface area contributed by atoms with Crippen LogP contribution in [0, 0.1) is 5.92 Å². The summed E-state index contributed by atoms with van der Waals surface area (Å²) < 4.78 is 11.1. The van der Waals surface area contributed by atoms with Crippen molar-refractivity contribution >= 4 is 5.91 Å². The van der Waals surface area contributed by atoms with Crippen molar-refractivity contribution in [2.24, 2.45) is 11.7 Å². The molecule has 0 bridgehead atoms. The van der Waals surface area contributed by atoms with Gasteiger partial charge in [0.2, 0.25) is 5.91 Å². The van der Waals surface area contributed by atoms with Gasteiger partial charge in [0.15, 0.2) is 11.5 Å². The Balaban J connectivity index is 2.54. The number of hydrogen-bond acceptors (Lipinski definition) is 4. The van der Waals surface area contributed by atoms with Crippen LogP contribution >= 0.6 is 0 Å². The maximum atomic E-state index is 11.6. The molecule has 0 fully saturated rings. The van der Waals surface area contributed by atoms with Crippen molar-refractivity contribution in [1.29, 1.82) is 0 Å². The first kappa shape index (κ1) is 18.3. The predicted molar refractivity (Wildman–Crippen MR) is 88.1 cm³/mol. The Morgan fingerprint density at radius 3 is 2.73 bits per heavy atom. The minimum atomic E-state index is 0.0154. The minimum Gasteiger partial charge on any atom is -0.493 e. The van der Waals surface area contributed by atoms with Gasteiger partial charge in [0, 0.05) is 13.0 Å². The van der Waals surface area contributed by atoms with Gasteiger partial charge in [0.25, 0.3) is 0 Å². The molecule has 0 aromatic heterocycles. The lowest BCUT2D eigenvalue weighted by Gasteiger charge is -2.13. The van der Waals surface area contributed by atoms with E-state index in [2.05, 4.69) is 19.2 Å². The van der Waals surface area contributed by atoms with E-state index in [0.717, 1.165) is 17.7 Å². The molecule has 0 heterocycles. The lowest BCUT2D eigenvalue weighted by Crippen LogP contribution is -2.23. The van der Waals surface area contributed by atoms with E-state index in [-0.39, 0.29) is 5.91 Å². The molecule has 0 saturated heterocycles. The van der Waals surface area contributed by atoms with Crippen LogP contribution in [0.5, 0.6) is 11.5 Å². The normalized spacial score (nSPS) is 10.6. The maximum absolute atomic E-state index is 11.6. The van der Waals surface area contributed by atoms with E-state index in [1.54, 1.807) is 7.11 Å². The fraction of sp³-hybridized carbons (Fsp3) is 0.588. The van der Waals surface area contributed by atoms with Crippen LogP contribution < -0.4 is 20.5 Å². The number of nitrogens with one attached hydrogen (secondary N) is 1. The van der Waals surface area contributed by atoms with Crippen LogP contribution in [-0.2, 0) is 11.3 Å². The second-order valence-electron chi connectivity index (χ2n) is 5.69. The Kier molecular flexibility index (Phi) is 8.36. The van der Waals surface area contributed by atoms with Crippen LogP contribution in [0.4, 0.5) is 0 Å². The van der Waals surface area contributed by atoms with Gasteiger partial charge in [-0.3, -0.25) is 4.79 Å². The van der Waals surface area contributed by atoms with E-state index in [0.29, 0.717) is 44.2 Å². The van der Waals surface area contributed by atoms with Gasteiger partial charge in [0.1, 0.15) is 0 Å². The van der Waals surface area contributed by atoms with E-state index in [4.69, 9.17) is 15.2 Å². The molecule has 0 spiro atoms. The fourth-order valence-electron chi connectivity index (χ4n) is 1.90. The number of benzene rings is 1. The number of nitrogens with two attached hydrogens (primary N) is 1. The van der Waals surface area contributed by atoms with Gasteiger partial charge in [-0.2, -0.15) is 0 Å². The quantitative estimate of drug-likeness (QED) is 0.696. The van der Waals surface area contributed by atoms with Gasteiger partial charge in [-0.25, -0.2) is 0 Å². The zero-order valence-corrected chi connectivity index (χ0v) is 13.9. The van der Waals surface area contributed by atoms with Crippen LogP contribution in [0.3, 0.4) is 0 Å². The van der Waals surface area contributed by atoms with Gasteiger partial charge >= 0.3 is 0 Å². The molecule has 0 unspecified atom stereocenters. The lowest BCUT2D eigenvalue weighted by molar-refractivity contribution is -0.121. The Labute approximate surface area is 133 Å². The highest BCUT2D eigenvalue weighted by molar-refractivity contribution is 5.75. The largest absolute Gasteiger partial charge is 0.493 e. The molecule has 0 radical (unpaired) electrons. The molecule has 1 rings (SSSR count). The molecule has 1 aromatic carbocycles. The van der Waals surface area contributed by atoms with Gasteiger partial charge in [-0.05, 0) is 43.0 Å². The summed E-state index contributed by atoms with van der Waals surface area (Å²) in [5.41, 5.74) is 6.37. The zero-order valence-electron chi connectivity index (χ0n) is 13.9. The van der Waals surface area contributed by atoms with Crippen molar-refractivity contribution in [3.63, 3.8) is 0 Å². The highest BCUT2D eigenvalue weighted by atomic mass is 16.5. The number of rotatable bonds is 10. The first-order valence-electron chi connectivity index (χ1n) is 7.83. The molecular formula is C17H28N2O3. The van der Waals surface area contributed by atoms with Crippen molar-refractivity contribution in [2.45, 2.75) is 39.7 Å². The van der Waals surface area contributed by atoms with E-state index in [1.165, 1.54) is 0 Å². The van der Waals surface area contributed by atoms with Crippen LogP contribution in [0.15, 0.2) is 18.2 Å². The van der Waals surface area contributed by atoms with Crippen LogP contribution in [0.25, 0.3) is 0 Å². The molecule has 0 aliphatic rings. The maximum Gasteiger partial charge on any atom is 0.220 e. The average Bonchev–Trinajstić information content (AvgIpc) is 2.51. The molecular weight excluding hydrogens is 280 g/mol. The standard InChI is InChI=1S/C17H28N2O3/c1-13(2)8-10-22-15-7-6-14(11-16(15)21-3)12-19-17(20)5-4-9-18/h6-7,11,13H,4-5,8-10,12,18H2,1-3H3,(H,19,20). The second kappa shape index (κ2) is 10.1. The minimum absolute atomic E-state index is 0.0154. The topological polar surface area (TPSA) is 73.6 Å². The lowest BCUT2D eigenvalue weighted by atomic mass is 10.1. The number of hydrogen-bond donors (Lipinski definition) is 2. The van der Waals surface area contributed by atoms with Gasteiger partial charge < -0.3 is 20.5 Å². The van der Waals surface area contributed by atoms with Crippen LogP contribution in [0.1, 0.15) is 38.7 Å². The van der Waals surface area contributed by atoms with Crippen molar-refractivity contribution in [3.05, 3.63) is 23.8 Å². The van der Waals surface area contributed by atoms with Gasteiger partial charge in [-0.15, -0.1) is 0 Å². The Morgan fingerprint density at radius 1 is 1.32 bits per heavy atom. The fourth-order valence-corrected chi connectivity index (χ4v) is 1.90. The second-order valence-corrected chi connectivity index (χ2v) is 5.69. The Hall–Kier alpha value is -1.75. The van der Waals surface area contributed by atoms with Crippen molar-refractivity contribution in [1.82, 2.24) is 5.32 Å². The monoisotopic (exact) mass is 308 g/mol. The highest BCUT2D eigenvalue weighted by Gasteiger charge is 2.07. The molecule has 1 amide bonds. The highest BCUT2D eigenvalue weighted by Crippen LogP contribution is 2.28. The first-order chi connectivity index (χ1) is 10.6. The average molecular weight is 308 g/mol. The summed E-state index contributed by atoms with van der Waals surface area (Å²) in [6, 6.07) is 5.73. The van der Waals surface area contributed by atoms with Crippen LogP contribution in [-0.4, -0.2) is 26.2 Å². The molecule has 0 aliphatic carbocycles. The molecule has 0 saturated carbocycles. The number of amides is 1. The van der Waals surface area contributed by atoms with E-state index in [1.807, 2.05) is 18.2 Å². The number of carbonyl (C=O) groups excluding carboxylic acids is 1. The third-order valence-electron chi connectivity index (χ3n) is 3.28. The summed E-state index contributed by atoms with van der Waals surface area (Å²) in [6.07, 6.45) is 2.17. The van der Waals surface area contributed by atoms with Crippen molar-refractivity contribution in [3.8, 4) is 11.5 Å². The Morgan fingerprint density at radius 2 is 2.09 bits per heavy atom. The van der Waals surface area contributed by atoms with E-state index >= 15 is 0 Å². The summed E-state index contributed by atoms with van der Waals surface area (Å²) in [4.78, 5) is 11.6. The molecule has 124 valence electrons. The first-order valence-corrected chi connectivity index (χ1v) is 7.83. The molecule has 5 nitrogen and oxygen atoms in total. The molecule has 0 aliphatic heterocycles. The van der Waals surface area contributed by atoms with Crippen molar-refractivity contribution < 1.29 is 14.3 Å². The summed E-state index contributed by atoms with van der Waals surface area (Å²) in [6.45, 7) is 6.01. The number of methoxy groups -OCH3 is 1. The SMILES string of the molecule is COc1cc(CNC(=O)CCCN)ccc1OCCC(C)C. The summed E-state index contributed by atoms with van der Waals surface area (Å²) >= 11 is 0. The molecule has 1 aromatic rings. The van der Waals surface area contributed by atoms with Gasteiger partial charge in [0.05, 0.1) is 13.7 Å². The Bertz CT molecular complexity index is 461. The van der Waals surface area contributed by atoms with Crippen molar-refractivity contribution in [2.75, 3.05) is 20.3 Å². The van der Waals surface area contributed by atoms with Crippen LogP contribution in [0.2, 0.25) is 0 Å². The molecule has 0 atom stereocenters.